The number of amides is 2. The Kier molecular flexibility index (Phi) is 7.60. The standard InChI is InChI=1S/C20H22ClN3O6/c1-11-17(19(27)29-4)12(2)22-18(11)20(28)30-10-16(26)24(3)9-15(25)23-14-7-5-13(21)6-8-14/h5-8,22H,9-10H2,1-4H3,(H,23,25). The maximum Gasteiger partial charge on any atom is 0.355 e. The van der Waals surface area contributed by atoms with Crippen molar-refractivity contribution in [2.75, 3.05) is 32.6 Å². The number of hydrogen-bond acceptors (Lipinski definition) is 6. The van der Waals surface area contributed by atoms with Crippen molar-refractivity contribution in [2.24, 2.45) is 0 Å². The molecule has 1 aromatic carbocycles. The first kappa shape index (κ1) is 23.0. The summed E-state index contributed by atoms with van der Waals surface area (Å²) in [6.07, 6.45) is 0. The van der Waals surface area contributed by atoms with E-state index in [0.717, 1.165) is 4.90 Å². The third-order valence-electron chi connectivity index (χ3n) is 4.29. The van der Waals surface area contributed by atoms with E-state index in [9.17, 15) is 19.2 Å². The highest BCUT2D eigenvalue weighted by Crippen LogP contribution is 2.19. The van der Waals surface area contributed by atoms with Gasteiger partial charge in [-0.2, -0.15) is 0 Å². The highest BCUT2D eigenvalue weighted by molar-refractivity contribution is 6.30. The lowest BCUT2D eigenvalue weighted by atomic mass is 10.1. The van der Waals surface area contributed by atoms with E-state index in [1.54, 1.807) is 38.1 Å². The molecule has 160 valence electrons. The fourth-order valence-corrected chi connectivity index (χ4v) is 2.84. The molecule has 2 aromatic rings. The van der Waals surface area contributed by atoms with Crippen LogP contribution in [0.2, 0.25) is 5.02 Å². The number of halogens is 1. The normalized spacial score (nSPS) is 10.3. The van der Waals surface area contributed by atoms with Crippen LogP contribution in [0.5, 0.6) is 0 Å². The Morgan fingerprint density at radius 1 is 1.10 bits per heavy atom. The van der Waals surface area contributed by atoms with Gasteiger partial charge in [0.2, 0.25) is 5.91 Å². The number of nitrogens with one attached hydrogen (secondary N) is 2. The zero-order chi connectivity index (χ0) is 22.4. The Morgan fingerprint density at radius 3 is 2.33 bits per heavy atom. The van der Waals surface area contributed by atoms with Crippen LogP contribution < -0.4 is 5.32 Å². The molecule has 0 unspecified atom stereocenters. The summed E-state index contributed by atoms with van der Waals surface area (Å²) in [5.74, 6) is -2.36. The van der Waals surface area contributed by atoms with Gasteiger partial charge in [-0.25, -0.2) is 9.59 Å². The summed E-state index contributed by atoms with van der Waals surface area (Å²) in [6.45, 7) is 2.40. The number of H-pyrrole nitrogens is 1. The van der Waals surface area contributed by atoms with Crippen LogP contribution in [0.1, 0.15) is 32.1 Å². The number of esters is 2. The van der Waals surface area contributed by atoms with Crippen molar-refractivity contribution in [3.8, 4) is 0 Å². The SMILES string of the molecule is COC(=O)c1c(C)[nH]c(C(=O)OCC(=O)N(C)CC(=O)Nc2ccc(Cl)cc2)c1C. The van der Waals surface area contributed by atoms with Crippen molar-refractivity contribution < 1.29 is 28.7 Å². The Hall–Kier alpha value is -3.33. The van der Waals surface area contributed by atoms with Crippen LogP contribution >= 0.6 is 11.6 Å². The predicted molar refractivity (Wildman–Crippen MR) is 110 cm³/mol. The maximum absolute atomic E-state index is 12.3. The van der Waals surface area contributed by atoms with Crippen molar-refractivity contribution in [3.63, 3.8) is 0 Å². The van der Waals surface area contributed by atoms with E-state index in [0.29, 0.717) is 22.0 Å². The van der Waals surface area contributed by atoms with E-state index in [4.69, 9.17) is 16.3 Å². The zero-order valence-corrected chi connectivity index (χ0v) is 17.8. The summed E-state index contributed by atoms with van der Waals surface area (Å²) in [6, 6.07) is 6.52. The molecule has 1 heterocycles. The van der Waals surface area contributed by atoms with Crippen LogP contribution in [0, 0.1) is 13.8 Å². The number of carbonyl (C=O) groups is 4. The third-order valence-corrected chi connectivity index (χ3v) is 4.54. The average Bonchev–Trinajstić information content (AvgIpc) is 3.01. The fourth-order valence-electron chi connectivity index (χ4n) is 2.71. The molecule has 0 aliphatic rings. The third kappa shape index (κ3) is 5.60. The summed E-state index contributed by atoms with van der Waals surface area (Å²) >= 11 is 5.79. The highest BCUT2D eigenvalue weighted by atomic mass is 35.5. The van der Waals surface area contributed by atoms with Crippen LogP contribution in [-0.2, 0) is 19.1 Å². The Bertz CT molecular complexity index is 968. The molecule has 0 radical (unpaired) electrons. The van der Waals surface area contributed by atoms with Crippen molar-refractivity contribution >= 4 is 41.0 Å². The molecule has 2 amide bonds. The molecule has 0 spiro atoms. The number of carbonyl (C=O) groups excluding carboxylic acids is 4. The second kappa shape index (κ2) is 9.93. The number of ether oxygens (including phenoxy) is 2. The molecular formula is C20H22ClN3O6. The summed E-state index contributed by atoms with van der Waals surface area (Å²) < 4.78 is 9.72. The minimum Gasteiger partial charge on any atom is -0.465 e. The molecule has 2 N–H and O–H groups in total. The quantitative estimate of drug-likeness (QED) is 0.644. The van der Waals surface area contributed by atoms with Gasteiger partial charge in [-0.15, -0.1) is 0 Å². The van der Waals surface area contributed by atoms with Crippen molar-refractivity contribution in [1.82, 2.24) is 9.88 Å². The lowest BCUT2D eigenvalue weighted by molar-refractivity contribution is -0.136. The first-order chi connectivity index (χ1) is 14.1. The molecule has 0 saturated heterocycles. The lowest BCUT2D eigenvalue weighted by Crippen LogP contribution is -2.37. The summed E-state index contributed by atoms with van der Waals surface area (Å²) in [7, 11) is 2.65. The Balaban J connectivity index is 1.90. The van der Waals surface area contributed by atoms with Crippen LogP contribution in [0.4, 0.5) is 5.69 Å². The second-order valence-electron chi connectivity index (χ2n) is 6.50. The maximum atomic E-state index is 12.3. The molecule has 30 heavy (non-hydrogen) atoms. The van der Waals surface area contributed by atoms with Gasteiger partial charge in [-0.3, -0.25) is 9.59 Å². The number of aromatic amines is 1. The molecule has 0 atom stereocenters. The minimum absolute atomic E-state index is 0.0591. The number of anilines is 1. The van der Waals surface area contributed by atoms with E-state index in [1.165, 1.54) is 14.2 Å². The molecule has 0 fully saturated rings. The van der Waals surface area contributed by atoms with Crippen LogP contribution in [0.15, 0.2) is 24.3 Å². The van der Waals surface area contributed by atoms with E-state index in [-0.39, 0.29) is 17.8 Å². The fraction of sp³-hybridized carbons (Fsp3) is 0.300. The van der Waals surface area contributed by atoms with Gasteiger partial charge in [0.05, 0.1) is 19.2 Å². The number of hydrogen-bond donors (Lipinski definition) is 2. The van der Waals surface area contributed by atoms with E-state index in [1.807, 2.05) is 0 Å². The summed E-state index contributed by atoms with van der Waals surface area (Å²) in [5.41, 5.74) is 1.66. The first-order valence-corrected chi connectivity index (χ1v) is 9.25. The van der Waals surface area contributed by atoms with Gasteiger partial charge in [0, 0.05) is 23.5 Å². The molecule has 0 aliphatic carbocycles. The highest BCUT2D eigenvalue weighted by Gasteiger charge is 2.24. The van der Waals surface area contributed by atoms with Crippen LogP contribution in [0.25, 0.3) is 0 Å². The van der Waals surface area contributed by atoms with Crippen LogP contribution in [0.3, 0.4) is 0 Å². The monoisotopic (exact) mass is 435 g/mol. The van der Waals surface area contributed by atoms with Gasteiger partial charge in [0.15, 0.2) is 6.61 Å². The molecule has 2 rings (SSSR count). The van der Waals surface area contributed by atoms with Gasteiger partial charge in [0.25, 0.3) is 5.91 Å². The number of likely N-dealkylation sites (N-methyl/N-ethyl adjacent to an activating group) is 1. The largest absolute Gasteiger partial charge is 0.465 e. The topological polar surface area (TPSA) is 118 Å². The number of aromatic nitrogens is 1. The number of nitrogens with zero attached hydrogens (tertiary/aromatic N) is 1. The number of aryl methyl sites for hydroxylation is 1. The van der Waals surface area contributed by atoms with E-state index >= 15 is 0 Å². The summed E-state index contributed by atoms with van der Waals surface area (Å²) in [5, 5.41) is 3.17. The van der Waals surface area contributed by atoms with Gasteiger partial charge in [-0.05, 0) is 43.7 Å². The average molecular weight is 436 g/mol. The minimum atomic E-state index is -0.793. The number of rotatable bonds is 7. The van der Waals surface area contributed by atoms with Gasteiger partial charge in [0.1, 0.15) is 5.69 Å². The number of methoxy groups -OCH3 is 1. The van der Waals surface area contributed by atoms with Gasteiger partial charge < -0.3 is 24.7 Å². The van der Waals surface area contributed by atoms with E-state index < -0.39 is 30.4 Å². The van der Waals surface area contributed by atoms with Crippen molar-refractivity contribution in [1.29, 1.82) is 0 Å². The lowest BCUT2D eigenvalue weighted by Gasteiger charge is -2.16. The smallest absolute Gasteiger partial charge is 0.355 e. The molecule has 1 aromatic heterocycles. The molecule has 10 heteroatoms. The molecule has 0 saturated carbocycles. The molecule has 0 aliphatic heterocycles. The van der Waals surface area contributed by atoms with Crippen molar-refractivity contribution in [3.05, 3.63) is 51.8 Å². The Labute approximate surface area is 178 Å². The van der Waals surface area contributed by atoms with Crippen LogP contribution in [-0.4, -0.2) is 60.9 Å². The Morgan fingerprint density at radius 2 is 1.73 bits per heavy atom. The first-order valence-electron chi connectivity index (χ1n) is 8.88. The number of benzene rings is 1. The molecule has 0 bridgehead atoms. The zero-order valence-electron chi connectivity index (χ0n) is 17.0. The molecular weight excluding hydrogens is 414 g/mol. The van der Waals surface area contributed by atoms with Gasteiger partial charge in [-0.1, -0.05) is 11.6 Å². The predicted octanol–water partition coefficient (Wildman–Crippen LogP) is 2.33. The van der Waals surface area contributed by atoms with Crippen molar-refractivity contribution in [2.45, 2.75) is 13.8 Å². The summed E-state index contributed by atoms with van der Waals surface area (Å²) in [4.78, 5) is 52.2. The molecule has 9 nitrogen and oxygen atoms in total. The van der Waals surface area contributed by atoms with E-state index in [2.05, 4.69) is 15.0 Å². The second-order valence-corrected chi connectivity index (χ2v) is 6.93. The van der Waals surface area contributed by atoms with Gasteiger partial charge >= 0.3 is 11.9 Å².